The Hall–Kier alpha value is -4.29. The number of aliphatic hydroxyl groups excluding tert-OH is 2. The van der Waals surface area contributed by atoms with Gasteiger partial charge in [-0.05, 0) is 79.6 Å². The Kier molecular flexibility index (Phi) is 16.6. The lowest BCUT2D eigenvalue weighted by Gasteiger charge is -2.18. The van der Waals surface area contributed by atoms with Crippen LogP contribution in [0.1, 0.15) is 73.8 Å². The molecule has 1 heterocycles. The maximum absolute atomic E-state index is 13.0. The molecule has 1 aliphatic rings. The number of urea groups is 1. The lowest BCUT2D eigenvalue weighted by atomic mass is 10.1. The summed E-state index contributed by atoms with van der Waals surface area (Å²) in [6.07, 6.45) is 6.37. The van der Waals surface area contributed by atoms with Crippen LogP contribution in [0.5, 0.6) is 5.75 Å². The largest absolute Gasteiger partial charge is 0.508 e. The molecule has 48 heavy (non-hydrogen) atoms. The molecular weight excluding hydrogens is 614 g/mol. The SMILES string of the molecule is CC(=O)O.O=C1CN(c2cccc(CCCCOCCCCCCNC[C@H](O)c3ccc(O)c(CO)c3)c2)C(=O)N1Cc1ccccc1. The highest BCUT2D eigenvalue weighted by atomic mass is 16.5. The molecule has 1 aliphatic heterocycles. The van der Waals surface area contributed by atoms with Crippen molar-refractivity contribution in [3.8, 4) is 5.75 Å². The lowest BCUT2D eigenvalue weighted by molar-refractivity contribution is -0.134. The van der Waals surface area contributed by atoms with E-state index in [1.165, 1.54) is 11.0 Å². The van der Waals surface area contributed by atoms with Gasteiger partial charge in [0, 0.05) is 37.9 Å². The number of carboxylic acids is 1. The van der Waals surface area contributed by atoms with Gasteiger partial charge in [-0.2, -0.15) is 0 Å². The first-order valence-corrected chi connectivity index (χ1v) is 16.5. The molecule has 0 saturated carbocycles. The van der Waals surface area contributed by atoms with Crippen LogP contribution >= 0.6 is 0 Å². The van der Waals surface area contributed by atoms with Gasteiger partial charge in [0.15, 0.2) is 0 Å². The van der Waals surface area contributed by atoms with Gasteiger partial charge in [0.25, 0.3) is 11.9 Å². The number of ether oxygens (including phenoxy) is 1. The van der Waals surface area contributed by atoms with E-state index in [-0.39, 0.29) is 37.4 Å². The second kappa shape index (κ2) is 20.8. The van der Waals surface area contributed by atoms with Crippen molar-refractivity contribution in [1.29, 1.82) is 0 Å². The van der Waals surface area contributed by atoms with Crippen LogP contribution < -0.4 is 10.2 Å². The third kappa shape index (κ3) is 13.1. The lowest BCUT2D eigenvalue weighted by Crippen LogP contribution is -2.32. The fraction of sp³-hybridized carbons (Fsp3) is 0.432. The molecule has 1 fully saturated rings. The van der Waals surface area contributed by atoms with E-state index in [9.17, 15) is 24.9 Å². The normalized spacial score (nSPS) is 13.4. The van der Waals surface area contributed by atoms with E-state index >= 15 is 0 Å². The topological polar surface area (TPSA) is 160 Å². The first kappa shape index (κ1) is 38.2. The monoisotopic (exact) mass is 663 g/mol. The van der Waals surface area contributed by atoms with Gasteiger partial charge >= 0.3 is 6.03 Å². The number of nitrogens with one attached hydrogen (secondary N) is 1. The first-order valence-electron chi connectivity index (χ1n) is 16.5. The van der Waals surface area contributed by atoms with E-state index in [1.807, 2.05) is 48.5 Å². The van der Waals surface area contributed by atoms with Crippen molar-refractivity contribution >= 4 is 23.6 Å². The molecule has 3 aromatic carbocycles. The number of carboxylic acid groups (broad SMARTS) is 1. The van der Waals surface area contributed by atoms with Crippen LogP contribution in [0, 0.1) is 0 Å². The third-order valence-electron chi connectivity index (χ3n) is 7.85. The molecule has 0 radical (unpaired) electrons. The highest BCUT2D eigenvalue weighted by Gasteiger charge is 2.36. The molecule has 260 valence electrons. The second-order valence-electron chi connectivity index (χ2n) is 11.8. The maximum Gasteiger partial charge on any atom is 0.332 e. The van der Waals surface area contributed by atoms with Crippen LogP contribution in [0.15, 0.2) is 72.8 Å². The van der Waals surface area contributed by atoms with Crippen LogP contribution in [0.25, 0.3) is 0 Å². The molecule has 11 nitrogen and oxygen atoms in total. The summed E-state index contributed by atoms with van der Waals surface area (Å²) in [6.45, 7) is 3.89. The minimum atomic E-state index is -0.833. The number of nitrogens with zero attached hydrogens (tertiary/aromatic N) is 2. The first-order chi connectivity index (χ1) is 23.2. The summed E-state index contributed by atoms with van der Waals surface area (Å²) in [5.41, 5.74) is 3.92. The molecule has 1 atom stereocenters. The van der Waals surface area contributed by atoms with Gasteiger partial charge in [0.05, 0.1) is 19.3 Å². The van der Waals surface area contributed by atoms with Crippen LogP contribution in [-0.2, 0) is 33.9 Å². The standard InChI is InChI=1S/C35H45N3O6.C2H4O2/c39-26-30-22-29(16-17-32(30)40)33(41)23-36-18-7-1-2-8-19-44-20-9-6-11-27-14-10-15-31(21-27)37-25-34(42)38(35(37)43)24-28-12-4-3-5-13-28;1-2(3)4/h3-5,10,12-17,21-22,33,36,39-41H,1-2,6-9,11,18-20,23-26H2;1H3,(H,3,4)/t33-;/m0./s1. The molecule has 4 rings (SSSR count). The predicted octanol–water partition coefficient (Wildman–Crippen LogP) is 5.17. The highest BCUT2D eigenvalue weighted by molar-refractivity contribution is 6.12. The van der Waals surface area contributed by atoms with Gasteiger partial charge in [-0.15, -0.1) is 0 Å². The molecular formula is C37H49N3O8. The van der Waals surface area contributed by atoms with Gasteiger partial charge in [-0.1, -0.05) is 61.4 Å². The van der Waals surface area contributed by atoms with Crippen molar-refractivity contribution < 1.29 is 39.5 Å². The molecule has 11 heteroatoms. The van der Waals surface area contributed by atoms with E-state index in [0.29, 0.717) is 17.7 Å². The Balaban J connectivity index is 0.00000148. The Morgan fingerprint density at radius 1 is 0.896 bits per heavy atom. The number of aryl methyl sites for hydroxylation is 1. The summed E-state index contributed by atoms with van der Waals surface area (Å²) in [7, 11) is 0. The number of phenols is 1. The second-order valence-corrected chi connectivity index (χ2v) is 11.8. The number of aromatic hydroxyl groups is 1. The van der Waals surface area contributed by atoms with Gasteiger partial charge in [0.1, 0.15) is 12.3 Å². The summed E-state index contributed by atoms with van der Waals surface area (Å²) < 4.78 is 5.82. The summed E-state index contributed by atoms with van der Waals surface area (Å²) >= 11 is 0. The van der Waals surface area contributed by atoms with Crippen molar-refractivity contribution in [2.75, 3.05) is 37.7 Å². The van der Waals surface area contributed by atoms with Crippen molar-refractivity contribution in [2.45, 2.75) is 71.1 Å². The number of benzene rings is 3. The number of carbonyl (C=O) groups excluding carboxylic acids is 2. The molecule has 1 saturated heterocycles. The molecule has 0 bridgehead atoms. The number of aliphatic carboxylic acids is 1. The van der Waals surface area contributed by atoms with Crippen LogP contribution in [0.3, 0.4) is 0 Å². The Morgan fingerprint density at radius 3 is 2.31 bits per heavy atom. The summed E-state index contributed by atoms with van der Waals surface area (Å²) in [5, 5.41) is 39.9. The van der Waals surface area contributed by atoms with E-state index in [0.717, 1.165) is 88.4 Å². The summed E-state index contributed by atoms with van der Waals surface area (Å²) in [5.74, 6) is -0.982. The minimum absolute atomic E-state index is 0.0334. The van der Waals surface area contributed by atoms with Gasteiger partial charge in [0.2, 0.25) is 0 Å². The minimum Gasteiger partial charge on any atom is -0.508 e. The Morgan fingerprint density at radius 2 is 1.58 bits per heavy atom. The number of anilines is 1. The molecule has 0 spiro atoms. The Labute approximate surface area is 282 Å². The average Bonchev–Trinajstić information content (AvgIpc) is 3.35. The summed E-state index contributed by atoms with van der Waals surface area (Å²) in [4.78, 5) is 37.4. The Bertz CT molecular complexity index is 1430. The molecule has 3 amide bonds. The van der Waals surface area contributed by atoms with Crippen LogP contribution in [0.2, 0.25) is 0 Å². The number of carbonyl (C=O) groups is 3. The molecule has 3 aromatic rings. The zero-order valence-electron chi connectivity index (χ0n) is 27.7. The number of unbranched alkanes of at least 4 members (excludes halogenated alkanes) is 4. The van der Waals surface area contributed by atoms with E-state index in [1.54, 1.807) is 17.0 Å². The van der Waals surface area contributed by atoms with Gasteiger partial charge in [-0.25, -0.2) is 4.79 Å². The molecule has 0 aliphatic carbocycles. The average molecular weight is 664 g/mol. The number of amides is 3. The number of imide groups is 1. The van der Waals surface area contributed by atoms with Gasteiger partial charge < -0.3 is 30.5 Å². The zero-order valence-corrected chi connectivity index (χ0v) is 27.7. The fourth-order valence-corrected chi connectivity index (χ4v) is 5.28. The van der Waals surface area contributed by atoms with E-state index in [2.05, 4.69) is 11.4 Å². The molecule has 0 aromatic heterocycles. The number of rotatable bonds is 19. The highest BCUT2D eigenvalue weighted by Crippen LogP contribution is 2.25. The van der Waals surface area contributed by atoms with Crippen molar-refractivity contribution in [3.63, 3.8) is 0 Å². The summed E-state index contributed by atoms with van der Waals surface area (Å²) in [6, 6.07) is 22.0. The van der Waals surface area contributed by atoms with Crippen molar-refractivity contribution in [1.82, 2.24) is 10.2 Å². The number of hydrogen-bond donors (Lipinski definition) is 5. The smallest absolute Gasteiger partial charge is 0.332 e. The predicted molar refractivity (Wildman–Crippen MR) is 184 cm³/mol. The van der Waals surface area contributed by atoms with Crippen LogP contribution in [0.4, 0.5) is 10.5 Å². The number of hydrogen-bond acceptors (Lipinski definition) is 8. The van der Waals surface area contributed by atoms with E-state index in [4.69, 9.17) is 14.6 Å². The third-order valence-corrected chi connectivity index (χ3v) is 7.85. The van der Waals surface area contributed by atoms with Crippen LogP contribution in [-0.4, -0.2) is 76.1 Å². The number of aliphatic hydroxyl groups is 2. The van der Waals surface area contributed by atoms with Crippen molar-refractivity contribution in [3.05, 3.63) is 95.1 Å². The van der Waals surface area contributed by atoms with Gasteiger partial charge in [-0.3, -0.25) is 19.4 Å². The molecule has 0 unspecified atom stereocenters. The van der Waals surface area contributed by atoms with E-state index < -0.39 is 12.1 Å². The maximum atomic E-state index is 13.0. The quantitative estimate of drug-likeness (QED) is 0.0862. The molecule has 5 N–H and O–H groups in total. The van der Waals surface area contributed by atoms with Crippen molar-refractivity contribution in [2.24, 2.45) is 0 Å². The fourth-order valence-electron chi connectivity index (χ4n) is 5.28. The zero-order chi connectivity index (χ0) is 34.7.